The molecule has 90 valence electrons. The van der Waals surface area contributed by atoms with Gasteiger partial charge in [-0.3, -0.25) is 0 Å². The number of aliphatic hydroxyl groups is 1. The Morgan fingerprint density at radius 3 is 2.41 bits per heavy atom. The number of rotatable bonds is 4. The van der Waals surface area contributed by atoms with Gasteiger partial charge in [-0.1, -0.05) is 30.3 Å². The van der Waals surface area contributed by atoms with Crippen molar-refractivity contribution in [2.24, 2.45) is 0 Å². The molecule has 0 aliphatic rings. The van der Waals surface area contributed by atoms with Gasteiger partial charge in [0, 0.05) is 0 Å². The minimum absolute atomic E-state index is 0.476. The molecule has 2 atom stereocenters. The normalized spacial score (nSPS) is 14.5. The van der Waals surface area contributed by atoms with Crippen molar-refractivity contribution in [1.82, 2.24) is 0 Å². The van der Waals surface area contributed by atoms with Crippen LogP contribution in [-0.2, 0) is 4.74 Å². The van der Waals surface area contributed by atoms with Crippen LogP contribution in [0, 0.1) is 0 Å². The highest BCUT2D eigenvalue weighted by Crippen LogP contribution is 2.21. The topological polar surface area (TPSA) is 38.7 Å². The molecule has 3 nitrogen and oxygen atoms in total. The molecule has 0 aliphatic carbocycles. The van der Waals surface area contributed by atoms with Crippen LogP contribution in [0.5, 0.6) is 5.75 Å². The van der Waals surface area contributed by atoms with Crippen LogP contribution in [0.2, 0.25) is 0 Å². The van der Waals surface area contributed by atoms with E-state index in [-0.39, 0.29) is 0 Å². The van der Waals surface area contributed by atoms with Crippen LogP contribution in [0.25, 0.3) is 10.8 Å². The van der Waals surface area contributed by atoms with Gasteiger partial charge >= 0.3 is 0 Å². The second kappa shape index (κ2) is 5.17. The average molecular weight is 232 g/mol. The van der Waals surface area contributed by atoms with E-state index in [1.807, 2.05) is 36.4 Å². The second-order valence-corrected chi connectivity index (χ2v) is 3.93. The molecule has 0 fully saturated rings. The molecule has 0 saturated carbocycles. The minimum atomic E-state index is -0.828. The van der Waals surface area contributed by atoms with Crippen LogP contribution >= 0.6 is 0 Å². The van der Waals surface area contributed by atoms with Crippen molar-refractivity contribution in [1.29, 1.82) is 0 Å². The lowest BCUT2D eigenvalue weighted by Gasteiger charge is -2.17. The first kappa shape index (κ1) is 11.9. The van der Waals surface area contributed by atoms with Crippen LogP contribution < -0.4 is 4.74 Å². The van der Waals surface area contributed by atoms with E-state index in [4.69, 9.17) is 14.6 Å². The zero-order valence-electron chi connectivity index (χ0n) is 9.96. The molecule has 2 aromatic carbocycles. The fraction of sp³-hybridized carbons (Fsp3) is 0.286. The summed E-state index contributed by atoms with van der Waals surface area (Å²) in [4.78, 5) is 0. The molecule has 0 heterocycles. The average Bonchev–Trinajstić information content (AvgIpc) is 2.27. The number of hydrogen-bond donors (Lipinski definition) is 1. The van der Waals surface area contributed by atoms with Gasteiger partial charge in [-0.25, -0.2) is 0 Å². The van der Waals surface area contributed by atoms with Crippen LogP contribution in [0.15, 0.2) is 42.5 Å². The highest BCUT2D eigenvalue weighted by atomic mass is 16.7. The molecule has 0 amide bonds. The number of hydrogen-bond acceptors (Lipinski definition) is 3. The van der Waals surface area contributed by atoms with E-state index in [2.05, 4.69) is 6.07 Å². The summed E-state index contributed by atoms with van der Waals surface area (Å²) in [7, 11) is 0. The van der Waals surface area contributed by atoms with Crippen LogP contribution in [-0.4, -0.2) is 17.7 Å². The van der Waals surface area contributed by atoms with Crippen molar-refractivity contribution in [2.45, 2.75) is 26.4 Å². The lowest BCUT2D eigenvalue weighted by molar-refractivity contribution is -0.179. The van der Waals surface area contributed by atoms with Crippen molar-refractivity contribution in [3.05, 3.63) is 42.5 Å². The molecule has 0 aliphatic heterocycles. The van der Waals surface area contributed by atoms with E-state index in [1.165, 1.54) is 5.39 Å². The quantitative estimate of drug-likeness (QED) is 0.824. The number of aliphatic hydroxyl groups excluding tert-OH is 1. The third-order valence-corrected chi connectivity index (χ3v) is 2.41. The van der Waals surface area contributed by atoms with Crippen molar-refractivity contribution >= 4 is 10.8 Å². The van der Waals surface area contributed by atoms with Crippen molar-refractivity contribution in [2.75, 3.05) is 0 Å². The van der Waals surface area contributed by atoms with E-state index in [1.54, 1.807) is 13.8 Å². The Bertz CT molecular complexity index is 494. The van der Waals surface area contributed by atoms with Crippen LogP contribution in [0.1, 0.15) is 13.8 Å². The number of ether oxygens (including phenoxy) is 2. The van der Waals surface area contributed by atoms with Gasteiger partial charge in [-0.15, -0.1) is 0 Å². The Morgan fingerprint density at radius 1 is 1.00 bits per heavy atom. The summed E-state index contributed by atoms with van der Waals surface area (Å²) in [5, 5.41) is 11.4. The zero-order chi connectivity index (χ0) is 12.3. The summed E-state index contributed by atoms with van der Waals surface area (Å²) in [6.45, 7) is 3.31. The third-order valence-electron chi connectivity index (χ3n) is 2.41. The van der Waals surface area contributed by atoms with E-state index in [9.17, 15) is 0 Å². The van der Waals surface area contributed by atoms with Gasteiger partial charge < -0.3 is 14.6 Å². The molecule has 2 aromatic rings. The second-order valence-electron chi connectivity index (χ2n) is 3.93. The van der Waals surface area contributed by atoms with E-state index in [0.717, 1.165) is 11.1 Å². The molecule has 0 radical (unpaired) electrons. The highest BCUT2D eigenvalue weighted by molar-refractivity contribution is 5.83. The standard InChI is InChI=1S/C14H16O3/c1-10(15)16-11(2)17-14-8-7-12-5-3-4-6-13(12)9-14/h3-11,15H,1-2H3. The first-order valence-corrected chi connectivity index (χ1v) is 5.64. The van der Waals surface area contributed by atoms with Crippen molar-refractivity contribution < 1.29 is 14.6 Å². The van der Waals surface area contributed by atoms with Crippen LogP contribution in [0.3, 0.4) is 0 Å². The monoisotopic (exact) mass is 232 g/mol. The summed E-state index contributed by atoms with van der Waals surface area (Å²) < 4.78 is 10.7. The smallest absolute Gasteiger partial charge is 0.199 e. The number of benzene rings is 2. The third kappa shape index (κ3) is 3.19. The van der Waals surface area contributed by atoms with Crippen molar-refractivity contribution in [3.63, 3.8) is 0 Å². The van der Waals surface area contributed by atoms with Gasteiger partial charge in [0.2, 0.25) is 0 Å². The first-order valence-electron chi connectivity index (χ1n) is 5.64. The largest absolute Gasteiger partial charge is 0.465 e. The first-order chi connectivity index (χ1) is 8.15. The van der Waals surface area contributed by atoms with E-state index < -0.39 is 12.6 Å². The summed E-state index contributed by atoms with van der Waals surface area (Å²) in [5.74, 6) is 0.733. The Morgan fingerprint density at radius 2 is 1.71 bits per heavy atom. The van der Waals surface area contributed by atoms with Crippen molar-refractivity contribution in [3.8, 4) is 5.75 Å². The molecule has 2 rings (SSSR count). The van der Waals surface area contributed by atoms with Gasteiger partial charge in [-0.2, -0.15) is 0 Å². The van der Waals surface area contributed by atoms with Gasteiger partial charge in [0.15, 0.2) is 12.6 Å². The summed E-state index contributed by atoms with van der Waals surface area (Å²) >= 11 is 0. The molecule has 0 aromatic heterocycles. The fourth-order valence-corrected chi connectivity index (χ4v) is 1.74. The van der Waals surface area contributed by atoms with E-state index in [0.29, 0.717) is 0 Å². The SMILES string of the molecule is CC(O)OC(C)Oc1ccc2ccccc2c1. The Hall–Kier alpha value is -1.58. The minimum Gasteiger partial charge on any atom is -0.465 e. The number of fused-ring (bicyclic) bond motifs is 1. The fourth-order valence-electron chi connectivity index (χ4n) is 1.74. The predicted octanol–water partition coefficient (Wildman–Crippen LogP) is 2.92. The zero-order valence-corrected chi connectivity index (χ0v) is 9.96. The summed E-state index contributed by atoms with van der Waals surface area (Å²) in [5.41, 5.74) is 0. The summed E-state index contributed by atoms with van der Waals surface area (Å²) in [6, 6.07) is 13.9. The van der Waals surface area contributed by atoms with E-state index >= 15 is 0 Å². The Kier molecular flexibility index (Phi) is 3.61. The molecule has 3 heteroatoms. The molecule has 0 bridgehead atoms. The molecule has 2 unspecified atom stereocenters. The van der Waals surface area contributed by atoms with Gasteiger partial charge in [-0.05, 0) is 36.8 Å². The molecule has 0 saturated heterocycles. The molecular formula is C14H16O3. The lowest BCUT2D eigenvalue weighted by atomic mass is 10.1. The Labute approximate surface area is 101 Å². The van der Waals surface area contributed by atoms with Crippen LogP contribution in [0.4, 0.5) is 0 Å². The molecular weight excluding hydrogens is 216 g/mol. The van der Waals surface area contributed by atoms with Gasteiger partial charge in [0.05, 0.1) is 0 Å². The lowest BCUT2D eigenvalue weighted by Crippen LogP contribution is -2.21. The predicted molar refractivity (Wildman–Crippen MR) is 66.8 cm³/mol. The highest BCUT2D eigenvalue weighted by Gasteiger charge is 2.07. The molecule has 0 spiro atoms. The Balaban J connectivity index is 2.14. The maximum atomic E-state index is 9.07. The molecule has 17 heavy (non-hydrogen) atoms. The maximum Gasteiger partial charge on any atom is 0.199 e. The summed E-state index contributed by atoms with van der Waals surface area (Å²) in [6.07, 6.45) is -1.30. The van der Waals surface area contributed by atoms with Gasteiger partial charge in [0.25, 0.3) is 0 Å². The van der Waals surface area contributed by atoms with Gasteiger partial charge in [0.1, 0.15) is 5.75 Å². The molecule has 1 N–H and O–H groups in total. The maximum absolute atomic E-state index is 9.07.